The number of urea groups is 1. The molecule has 102 valence electrons. The Kier molecular flexibility index (Phi) is 4.04. The minimum Gasteiger partial charge on any atom is -0.497 e. The van der Waals surface area contributed by atoms with Crippen LogP contribution in [-0.2, 0) is 11.2 Å². The summed E-state index contributed by atoms with van der Waals surface area (Å²) in [5.41, 5.74) is 1.11. The Balaban J connectivity index is 1.94. The van der Waals surface area contributed by atoms with Crippen LogP contribution in [0.4, 0.5) is 4.79 Å². The maximum Gasteiger partial charge on any atom is 0.324 e. The van der Waals surface area contributed by atoms with Gasteiger partial charge in [0.05, 0.1) is 13.0 Å². The molecule has 1 unspecified atom stereocenters. The first-order chi connectivity index (χ1) is 9.10. The number of amides is 3. The van der Waals surface area contributed by atoms with Crippen molar-refractivity contribution in [1.82, 2.24) is 10.2 Å². The lowest BCUT2D eigenvalue weighted by Gasteiger charge is -2.30. The van der Waals surface area contributed by atoms with E-state index >= 15 is 0 Å². The summed E-state index contributed by atoms with van der Waals surface area (Å²) >= 11 is 0. The third-order valence-electron chi connectivity index (χ3n) is 3.26. The number of carbonyl (C=O) groups excluding carboxylic acids is 2. The van der Waals surface area contributed by atoms with Crippen molar-refractivity contribution >= 4 is 11.9 Å². The van der Waals surface area contributed by atoms with Crippen molar-refractivity contribution < 1.29 is 14.3 Å². The third kappa shape index (κ3) is 3.24. The maximum atomic E-state index is 11.7. The first kappa shape index (κ1) is 13.4. The molecule has 3 amide bonds. The summed E-state index contributed by atoms with van der Waals surface area (Å²) in [4.78, 5) is 24.7. The zero-order chi connectivity index (χ0) is 13.8. The van der Waals surface area contributed by atoms with E-state index in [1.165, 1.54) is 0 Å². The van der Waals surface area contributed by atoms with Crippen LogP contribution in [-0.4, -0.2) is 37.0 Å². The van der Waals surface area contributed by atoms with E-state index in [0.29, 0.717) is 13.1 Å². The second-order valence-electron chi connectivity index (χ2n) is 4.74. The van der Waals surface area contributed by atoms with Crippen LogP contribution in [0.3, 0.4) is 0 Å². The smallest absolute Gasteiger partial charge is 0.324 e. The average Bonchev–Trinajstić information content (AvgIpc) is 2.41. The lowest BCUT2D eigenvalue weighted by molar-refractivity contribution is -0.125. The molecule has 0 spiro atoms. The molecule has 5 heteroatoms. The van der Waals surface area contributed by atoms with Crippen LogP contribution in [0.5, 0.6) is 5.75 Å². The molecule has 0 bridgehead atoms. The van der Waals surface area contributed by atoms with E-state index in [9.17, 15) is 9.59 Å². The second kappa shape index (κ2) is 5.73. The van der Waals surface area contributed by atoms with E-state index in [-0.39, 0.29) is 17.9 Å². The van der Waals surface area contributed by atoms with E-state index < -0.39 is 0 Å². The van der Waals surface area contributed by atoms with Gasteiger partial charge in [-0.3, -0.25) is 10.1 Å². The van der Waals surface area contributed by atoms with E-state index in [1.807, 2.05) is 31.2 Å². The van der Waals surface area contributed by atoms with Gasteiger partial charge in [-0.05, 0) is 24.1 Å². The fourth-order valence-electron chi connectivity index (χ4n) is 2.09. The number of rotatable bonds is 4. The number of nitrogens with zero attached hydrogens (tertiary/aromatic N) is 1. The van der Waals surface area contributed by atoms with Crippen LogP contribution in [0.2, 0.25) is 0 Å². The topological polar surface area (TPSA) is 58.6 Å². The Morgan fingerprint density at radius 3 is 2.95 bits per heavy atom. The molecule has 19 heavy (non-hydrogen) atoms. The van der Waals surface area contributed by atoms with Crippen molar-refractivity contribution in [3.8, 4) is 5.75 Å². The first-order valence-electron chi connectivity index (χ1n) is 6.33. The summed E-state index contributed by atoms with van der Waals surface area (Å²) in [6.45, 7) is 2.89. The Hall–Kier alpha value is -2.04. The Morgan fingerprint density at radius 1 is 1.42 bits per heavy atom. The molecule has 1 aliphatic heterocycles. The van der Waals surface area contributed by atoms with Gasteiger partial charge in [-0.15, -0.1) is 0 Å². The van der Waals surface area contributed by atoms with Gasteiger partial charge in [-0.25, -0.2) is 4.79 Å². The molecular weight excluding hydrogens is 244 g/mol. The summed E-state index contributed by atoms with van der Waals surface area (Å²) in [6, 6.07) is 7.47. The standard InChI is InChI=1S/C14H18N2O3/c1-10-9-16(14(18)15-13(10)17)7-6-11-4-3-5-12(8-11)19-2/h3-5,8,10H,6-7,9H2,1-2H3,(H,15,17,18). The van der Waals surface area contributed by atoms with Crippen LogP contribution in [0.25, 0.3) is 0 Å². The molecule has 1 aromatic carbocycles. The summed E-state index contributed by atoms with van der Waals surface area (Å²) < 4.78 is 5.16. The van der Waals surface area contributed by atoms with Gasteiger partial charge in [-0.2, -0.15) is 0 Å². The predicted octanol–water partition coefficient (Wildman–Crippen LogP) is 1.43. The number of nitrogens with one attached hydrogen (secondary N) is 1. The molecule has 1 fully saturated rings. The van der Waals surface area contributed by atoms with Gasteiger partial charge in [-0.1, -0.05) is 19.1 Å². The highest BCUT2D eigenvalue weighted by Gasteiger charge is 2.28. The molecule has 1 heterocycles. The van der Waals surface area contributed by atoms with Gasteiger partial charge < -0.3 is 9.64 Å². The van der Waals surface area contributed by atoms with E-state index in [0.717, 1.165) is 17.7 Å². The van der Waals surface area contributed by atoms with Gasteiger partial charge in [0.2, 0.25) is 5.91 Å². The van der Waals surface area contributed by atoms with Crippen LogP contribution in [0.1, 0.15) is 12.5 Å². The van der Waals surface area contributed by atoms with E-state index in [2.05, 4.69) is 5.32 Å². The fraction of sp³-hybridized carbons (Fsp3) is 0.429. The first-order valence-corrected chi connectivity index (χ1v) is 6.33. The monoisotopic (exact) mass is 262 g/mol. The van der Waals surface area contributed by atoms with Gasteiger partial charge in [0, 0.05) is 13.1 Å². The van der Waals surface area contributed by atoms with E-state index in [1.54, 1.807) is 12.0 Å². The molecule has 0 saturated carbocycles. The predicted molar refractivity (Wildman–Crippen MR) is 71.0 cm³/mol. The van der Waals surface area contributed by atoms with Gasteiger partial charge in [0.25, 0.3) is 0 Å². The van der Waals surface area contributed by atoms with Crippen LogP contribution in [0.15, 0.2) is 24.3 Å². The summed E-state index contributed by atoms with van der Waals surface area (Å²) in [7, 11) is 1.63. The molecule has 1 N–H and O–H groups in total. The summed E-state index contributed by atoms with van der Waals surface area (Å²) in [5, 5.41) is 2.36. The van der Waals surface area contributed by atoms with Crippen LogP contribution < -0.4 is 10.1 Å². The molecule has 1 saturated heterocycles. The Labute approximate surface area is 112 Å². The normalized spacial score (nSPS) is 19.3. The number of benzene rings is 1. The zero-order valence-corrected chi connectivity index (χ0v) is 11.2. The Bertz CT molecular complexity index is 487. The van der Waals surface area contributed by atoms with Gasteiger partial charge >= 0.3 is 6.03 Å². The molecule has 0 aliphatic carbocycles. The fourth-order valence-corrected chi connectivity index (χ4v) is 2.09. The van der Waals surface area contributed by atoms with E-state index in [4.69, 9.17) is 4.74 Å². The minimum absolute atomic E-state index is 0.150. The number of carbonyl (C=O) groups is 2. The molecular formula is C14H18N2O3. The van der Waals surface area contributed by atoms with Crippen molar-refractivity contribution in [2.75, 3.05) is 20.2 Å². The van der Waals surface area contributed by atoms with Crippen LogP contribution >= 0.6 is 0 Å². The highest BCUT2D eigenvalue weighted by atomic mass is 16.5. The van der Waals surface area contributed by atoms with Gasteiger partial charge in [0.15, 0.2) is 0 Å². The lowest BCUT2D eigenvalue weighted by atomic mass is 10.1. The number of hydrogen-bond acceptors (Lipinski definition) is 3. The van der Waals surface area contributed by atoms with Crippen molar-refractivity contribution in [3.63, 3.8) is 0 Å². The molecule has 0 aromatic heterocycles. The number of hydrogen-bond donors (Lipinski definition) is 1. The van der Waals surface area contributed by atoms with Crippen molar-refractivity contribution in [3.05, 3.63) is 29.8 Å². The largest absolute Gasteiger partial charge is 0.497 e. The molecule has 0 radical (unpaired) electrons. The zero-order valence-electron chi connectivity index (χ0n) is 11.2. The lowest BCUT2D eigenvalue weighted by Crippen LogP contribution is -2.54. The van der Waals surface area contributed by atoms with Crippen molar-refractivity contribution in [2.24, 2.45) is 5.92 Å². The number of ether oxygens (including phenoxy) is 1. The molecule has 2 rings (SSSR count). The minimum atomic E-state index is -0.300. The summed E-state index contributed by atoms with van der Waals surface area (Å²) in [5.74, 6) is 0.467. The average molecular weight is 262 g/mol. The second-order valence-corrected chi connectivity index (χ2v) is 4.74. The maximum absolute atomic E-state index is 11.7. The highest BCUT2D eigenvalue weighted by Crippen LogP contribution is 2.14. The van der Waals surface area contributed by atoms with Crippen LogP contribution in [0, 0.1) is 5.92 Å². The number of imide groups is 1. The SMILES string of the molecule is COc1cccc(CCN2CC(C)C(=O)NC2=O)c1. The summed E-state index contributed by atoms with van der Waals surface area (Å²) in [6.07, 6.45) is 0.742. The molecule has 1 atom stereocenters. The molecule has 5 nitrogen and oxygen atoms in total. The third-order valence-corrected chi connectivity index (χ3v) is 3.26. The quantitative estimate of drug-likeness (QED) is 0.893. The Morgan fingerprint density at radius 2 is 2.21 bits per heavy atom. The molecule has 1 aliphatic rings. The van der Waals surface area contributed by atoms with Crippen molar-refractivity contribution in [2.45, 2.75) is 13.3 Å². The van der Waals surface area contributed by atoms with Crippen molar-refractivity contribution in [1.29, 1.82) is 0 Å². The molecule has 1 aromatic rings. The number of methoxy groups -OCH3 is 1. The highest BCUT2D eigenvalue weighted by molar-refractivity contribution is 5.97. The van der Waals surface area contributed by atoms with Gasteiger partial charge in [0.1, 0.15) is 5.75 Å².